The molecular formula is C16H16BrFO3. The van der Waals surface area contributed by atoms with E-state index in [1.807, 2.05) is 18.2 Å². The molecule has 5 heteroatoms. The fourth-order valence-electron chi connectivity index (χ4n) is 1.99. The van der Waals surface area contributed by atoms with Crippen LogP contribution < -0.4 is 9.47 Å². The summed E-state index contributed by atoms with van der Waals surface area (Å²) in [5.74, 6) is 0.755. The molecule has 2 aromatic carbocycles. The molecule has 112 valence electrons. The van der Waals surface area contributed by atoms with Gasteiger partial charge in [0.1, 0.15) is 23.9 Å². The molecule has 0 aliphatic rings. The molecule has 1 N–H and O–H groups in total. The number of benzene rings is 2. The average Bonchev–Trinajstić information content (AvgIpc) is 2.46. The lowest BCUT2D eigenvalue weighted by Crippen LogP contribution is -2.03. The Hall–Kier alpha value is -1.59. The first-order valence-corrected chi connectivity index (χ1v) is 7.23. The van der Waals surface area contributed by atoms with Crippen molar-refractivity contribution in [1.29, 1.82) is 0 Å². The molecular weight excluding hydrogens is 339 g/mol. The van der Waals surface area contributed by atoms with Gasteiger partial charge in [0.05, 0.1) is 13.2 Å². The van der Waals surface area contributed by atoms with Crippen LogP contribution in [0, 0.1) is 5.82 Å². The molecule has 2 rings (SSSR count). The van der Waals surface area contributed by atoms with E-state index < -0.39 is 11.9 Å². The Morgan fingerprint density at radius 1 is 1.19 bits per heavy atom. The van der Waals surface area contributed by atoms with E-state index in [9.17, 15) is 9.50 Å². The van der Waals surface area contributed by atoms with Crippen molar-refractivity contribution in [2.75, 3.05) is 7.11 Å². The van der Waals surface area contributed by atoms with E-state index in [0.29, 0.717) is 17.1 Å². The Bertz CT molecular complexity index is 629. The van der Waals surface area contributed by atoms with Gasteiger partial charge in [-0.1, -0.05) is 15.9 Å². The molecule has 0 saturated heterocycles. The number of halogens is 2. The van der Waals surface area contributed by atoms with E-state index in [0.717, 1.165) is 10.0 Å². The summed E-state index contributed by atoms with van der Waals surface area (Å²) in [6.07, 6.45) is -0.805. The number of methoxy groups -OCH3 is 1. The Morgan fingerprint density at radius 3 is 2.57 bits per heavy atom. The van der Waals surface area contributed by atoms with Gasteiger partial charge in [-0.3, -0.25) is 0 Å². The van der Waals surface area contributed by atoms with Crippen LogP contribution in [0.25, 0.3) is 0 Å². The molecule has 0 radical (unpaired) electrons. The monoisotopic (exact) mass is 354 g/mol. The maximum atomic E-state index is 13.2. The van der Waals surface area contributed by atoms with E-state index in [1.54, 1.807) is 14.0 Å². The molecule has 0 aliphatic heterocycles. The van der Waals surface area contributed by atoms with Gasteiger partial charge in [-0.2, -0.15) is 0 Å². The Labute approximate surface area is 131 Å². The highest BCUT2D eigenvalue weighted by atomic mass is 79.9. The third-order valence-corrected chi connectivity index (χ3v) is 3.54. The van der Waals surface area contributed by atoms with Gasteiger partial charge < -0.3 is 14.6 Å². The first kappa shape index (κ1) is 15.8. The smallest absolute Gasteiger partial charge is 0.125 e. The second kappa shape index (κ2) is 6.91. The summed E-state index contributed by atoms with van der Waals surface area (Å²) < 4.78 is 25.1. The largest absolute Gasteiger partial charge is 0.496 e. The molecule has 0 unspecified atom stereocenters. The maximum Gasteiger partial charge on any atom is 0.125 e. The van der Waals surface area contributed by atoms with Crippen LogP contribution in [0.15, 0.2) is 40.9 Å². The molecule has 0 bridgehead atoms. The van der Waals surface area contributed by atoms with E-state index in [2.05, 4.69) is 15.9 Å². The Morgan fingerprint density at radius 2 is 1.90 bits per heavy atom. The van der Waals surface area contributed by atoms with Gasteiger partial charge in [-0.25, -0.2) is 4.39 Å². The zero-order chi connectivity index (χ0) is 15.4. The summed E-state index contributed by atoms with van der Waals surface area (Å²) in [6, 6.07) is 9.70. The van der Waals surface area contributed by atoms with E-state index in [4.69, 9.17) is 9.47 Å². The van der Waals surface area contributed by atoms with Gasteiger partial charge in [0, 0.05) is 15.6 Å². The van der Waals surface area contributed by atoms with Crippen LogP contribution in [-0.2, 0) is 6.61 Å². The number of hydrogen-bond donors (Lipinski definition) is 1. The van der Waals surface area contributed by atoms with Crippen molar-refractivity contribution >= 4 is 15.9 Å². The average molecular weight is 355 g/mol. The predicted molar refractivity (Wildman–Crippen MR) is 82.1 cm³/mol. The van der Waals surface area contributed by atoms with Crippen molar-refractivity contribution < 1.29 is 19.0 Å². The van der Waals surface area contributed by atoms with Crippen molar-refractivity contribution in [1.82, 2.24) is 0 Å². The molecule has 1 atom stereocenters. The minimum absolute atomic E-state index is 0.258. The maximum absolute atomic E-state index is 13.2. The first-order valence-electron chi connectivity index (χ1n) is 6.44. The first-order chi connectivity index (χ1) is 10.0. The van der Waals surface area contributed by atoms with Crippen LogP contribution in [0.5, 0.6) is 11.5 Å². The van der Waals surface area contributed by atoms with Gasteiger partial charge in [0.15, 0.2) is 0 Å². The highest BCUT2D eigenvalue weighted by molar-refractivity contribution is 9.10. The number of aliphatic hydroxyl groups is 1. The molecule has 0 fully saturated rings. The van der Waals surface area contributed by atoms with Crippen LogP contribution in [-0.4, -0.2) is 12.2 Å². The molecule has 2 aromatic rings. The zero-order valence-corrected chi connectivity index (χ0v) is 13.4. The molecule has 0 aliphatic carbocycles. The number of aliphatic hydroxyl groups excluding tert-OH is 1. The molecule has 0 saturated carbocycles. The minimum Gasteiger partial charge on any atom is -0.496 e. The summed E-state index contributed by atoms with van der Waals surface area (Å²) >= 11 is 3.40. The third kappa shape index (κ3) is 3.95. The third-order valence-electron chi connectivity index (χ3n) is 3.05. The highest BCUT2D eigenvalue weighted by Crippen LogP contribution is 2.29. The van der Waals surface area contributed by atoms with Crippen molar-refractivity contribution in [3.05, 3.63) is 57.8 Å². The normalized spacial score (nSPS) is 12.0. The van der Waals surface area contributed by atoms with E-state index in [1.165, 1.54) is 18.2 Å². The number of rotatable bonds is 5. The van der Waals surface area contributed by atoms with Crippen molar-refractivity contribution in [3.63, 3.8) is 0 Å². The highest BCUT2D eigenvalue weighted by Gasteiger charge is 2.12. The molecule has 0 spiro atoms. The van der Waals surface area contributed by atoms with Gasteiger partial charge >= 0.3 is 0 Å². The zero-order valence-electron chi connectivity index (χ0n) is 11.8. The predicted octanol–water partition coefficient (Wildman–Crippen LogP) is 4.23. The number of ether oxygens (including phenoxy) is 2. The molecule has 0 amide bonds. The Balaban J connectivity index is 2.22. The van der Waals surface area contributed by atoms with Crippen LogP contribution in [0.2, 0.25) is 0 Å². The Kier molecular flexibility index (Phi) is 5.20. The lowest BCUT2D eigenvalue weighted by atomic mass is 10.1. The molecule has 3 nitrogen and oxygen atoms in total. The summed E-state index contributed by atoms with van der Waals surface area (Å²) in [7, 11) is 1.59. The van der Waals surface area contributed by atoms with Crippen LogP contribution in [0.1, 0.15) is 24.2 Å². The fraction of sp³-hybridized carbons (Fsp3) is 0.250. The molecule has 21 heavy (non-hydrogen) atoms. The van der Waals surface area contributed by atoms with Gasteiger partial charge in [0.2, 0.25) is 0 Å². The van der Waals surface area contributed by atoms with Crippen LogP contribution in [0.3, 0.4) is 0 Å². The van der Waals surface area contributed by atoms with E-state index >= 15 is 0 Å². The lowest BCUT2D eigenvalue weighted by Gasteiger charge is -2.15. The summed E-state index contributed by atoms with van der Waals surface area (Å²) in [4.78, 5) is 0. The quantitative estimate of drug-likeness (QED) is 0.873. The van der Waals surface area contributed by atoms with Crippen molar-refractivity contribution in [3.8, 4) is 11.5 Å². The SMILES string of the molecule is COc1ccc(Br)cc1COc1ccc(F)cc1[C@@H](C)O. The summed E-state index contributed by atoms with van der Waals surface area (Å²) in [5.41, 5.74) is 1.27. The number of hydrogen-bond acceptors (Lipinski definition) is 3. The summed E-state index contributed by atoms with van der Waals surface area (Å²) in [6.45, 7) is 1.83. The van der Waals surface area contributed by atoms with Crippen molar-refractivity contribution in [2.24, 2.45) is 0 Å². The van der Waals surface area contributed by atoms with Gasteiger partial charge in [0.25, 0.3) is 0 Å². The minimum atomic E-state index is -0.805. The van der Waals surface area contributed by atoms with Crippen LogP contribution >= 0.6 is 15.9 Å². The second-order valence-corrected chi connectivity index (χ2v) is 5.52. The standard InChI is InChI=1S/C16H16BrFO3/c1-10(19)14-8-13(18)4-6-16(14)21-9-11-7-12(17)3-5-15(11)20-2/h3-8,10,19H,9H2,1-2H3/t10-/m1/s1. The fourth-order valence-corrected chi connectivity index (χ4v) is 2.40. The van der Waals surface area contributed by atoms with E-state index in [-0.39, 0.29) is 6.61 Å². The van der Waals surface area contributed by atoms with Crippen molar-refractivity contribution in [2.45, 2.75) is 19.6 Å². The lowest BCUT2D eigenvalue weighted by molar-refractivity contribution is 0.189. The van der Waals surface area contributed by atoms with Gasteiger partial charge in [-0.05, 0) is 43.3 Å². The summed E-state index contributed by atoms with van der Waals surface area (Å²) in [5, 5.41) is 9.69. The van der Waals surface area contributed by atoms with Crippen LogP contribution in [0.4, 0.5) is 4.39 Å². The second-order valence-electron chi connectivity index (χ2n) is 4.60. The topological polar surface area (TPSA) is 38.7 Å². The molecule has 0 heterocycles. The molecule has 0 aromatic heterocycles. The van der Waals surface area contributed by atoms with Gasteiger partial charge in [-0.15, -0.1) is 0 Å².